The van der Waals surface area contributed by atoms with Crippen LogP contribution < -0.4 is 10.6 Å². The molecule has 1 aliphatic rings. The Labute approximate surface area is 129 Å². The standard InChI is InChI=1S/C17H18N2OS/c1-11-3-5-12(6-4-11)16-15(18)17(20)19(16)13-7-9-14(21-2)10-8-13/h3-10,15-16H,18H2,1-2H3. The fourth-order valence-corrected chi connectivity index (χ4v) is 3.07. The zero-order chi connectivity index (χ0) is 15.0. The Morgan fingerprint density at radius 3 is 2.24 bits per heavy atom. The second-order valence-electron chi connectivity index (χ2n) is 5.29. The van der Waals surface area contributed by atoms with Crippen molar-refractivity contribution in [1.82, 2.24) is 0 Å². The van der Waals surface area contributed by atoms with Crippen molar-refractivity contribution in [3.8, 4) is 0 Å². The molecule has 2 unspecified atom stereocenters. The van der Waals surface area contributed by atoms with E-state index in [4.69, 9.17) is 5.73 Å². The minimum Gasteiger partial charge on any atom is -0.318 e. The largest absolute Gasteiger partial charge is 0.318 e. The summed E-state index contributed by atoms with van der Waals surface area (Å²) in [6.45, 7) is 2.05. The Morgan fingerprint density at radius 1 is 1.05 bits per heavy atom. The van der Waals surface area contributed by atoms with Gasteiger partial charge in [-0.3, -0.25) is 4.79 Å². The molecule has 0 aromatic heterocycles. The molecule has 0 saturated carbocycles. The molecule has 108 valence electrons. The topological polar surface area (TPSA) is 46.3 Å². The van der Waals surface area contributed by atoms with E-state index >= 15 is 0 Å². The smallest absolute Gasteiger partial charge is 0.247 e. The van der Waals surface area contributed by atoms with Crippen molar-refractivity contribution in [2.45, 2.75) is 23.9 Å². The molecule has 2 aromatic rings. The number of aryl methyl sites for hydroxylation is 1. The lowest BCUT2D eigenvalue weighted by Gasteiger charge is -2.45. The third kappa shape index (κ3) is 2.45. The van der Waals surface area contributed by atoms with Crippen LogP contribution in [0.25, 0.3) is 0 Å². The molecule has 2 aromatic carbocycles. The highest BCUT2D eigenvalue weighted by Crippen LogP contribution is 2.38. The second-order valence-corrected chi connectivity index (χ2v) is 6.17. The molecule has 0 radical (unpaired) electrons. The summed E-state index contributed by atoms with van der Waals surface area (Å²) in [7, 11) is 0. The number of carbonyl (C=O) groups is 1. The summed E-state index contributed by atoms with van der Waals surface area (Å²) in [6, 6.07) is 15.7. The van der Waals surface area contributed by atoms with Gasteiger partial charge >= 0.3 is 0 Å². The predicted molar refractivity (Wildman–Crippen MR) is 87.6 cm³/mol. The van der Waals surface area contributed by atoms with Crippen LogP contribution in [0, 0.1) is 6.92 Å². The maximum atomic E-state index is 12.2. The Kier molecular flexibility index (Phi) is 3.74. The first-order chi connectivity index (χ1) is 10.1. The van der Waals surface area contributed by atoms with Crippen molar-refractivity contribution >= 4 is 23.4 Å². The van der Waals surface area contributed by atoms with Crippen LogP contribution >= 0.6 is 11.8 Å². The average Bonchev–Trinajstić information content (AvgIpc) is 2.53. The number of thioether (sulfide) groups is 1. The van der Waals surface area contributed by atoms with E-state index in [1.165, 1.54) is 10.5 Å². The molecular weight excluding hydrogens is 280 g/mol. The van der Waals surface area contributed by atoms with Gasteiger partial charge in [0.1, 0.15) is 6.04 Å². The number of β-lactam (4-membered cyclic amide) rings is 1. The zero-order valence-electron chi connectivity index (χ0n) is 12.1. The van der Waals surface area contributed by atoms with E-state index in [-0.39, 0.29) is 11.9 Å². The average molecular weight is 298 g/mol. The number of nitrogens with two attached hydrogens (primary N) is 1. The Hall–Kier alpha value is -1.78. The normalized spacial score (nSPS) is 21.3. The molecule has 2 N–H and O–H groups in total. The first-order valence-corrected chi connectivity index (χ1v) is 8.13. The lowest BCUT2D eigenvalue weighted by atomic mass is 9.88. The van der Waals surface area contributed by atoms with Crippen LogP contribution in [-0.4, -0.2) is 18.2 Å². The summed E-state index contributed by atoms with van der Waals surface area (Å²) in [6.07, 6.45) is 2.04. The first-order valence-electron chi connectivity index (χ1n) is 6.91. The number of nitrogens with zero attached hydrogens (tertiary/aromatic N) is 1. The van der Waals surface area contributed by atoms with Gasteiger partial charge in [-0.1, -0.05) is 29.8 Å². The summed E-state index contributed by atoms with van der Waals surface area (Å²) < 4.78 is 0. The highest BCUT2D eigenvalue weighted by molar-refractivity contribution is 7.98. The monoisotopic (exact) mass is 298 g/mol. The molecule has 2 atom stereocenters. The third-order valence-electron chi connectivity index (χ3n) is 3.91. The molecule has 21 heavy (non-hydrogen) atoms. The van der Waals surface area contributed by atoms with Gasteiger partial charge in [-0.15, -0.1) is 11.8 Å². The maximum absolute atomic E-state index is 12.2. The van der Waals surface area contributed by atoms with Crippen molar-refractivity contribution in [2.75, 3.05) is 11.2 Å². The zero-order valence-corrected chi connectivity index (χ0v) is 12.9. The fourth-order valence-electron chi connectivity index (χ4n) is 2.66. The van der Waals surface area contributed by atoms with Crippen LogP contribution in [0.1, 0.15) is 17.2 Å². The van der Waals surface area contributed by atoms with Crippen LogP contribution in [0.2, 0.25) is 0 Å². The summed E-state index contributed by atoms with van der Waals surface area (Å²) in [5.41, 5.74) is 9.22. The van der Waals surface area contributed by atoms with Gasteiger partial charge in [-0.05, 0) is 43.0 Å². The molecule has 0 bridgehead atoms. The van der Waals surface area contributed by atoms with Gasteiger partial charge in [-0.2, -0.15) is 0 Å². The van der Waals surface area contributed by atoms with Gasteiger partial charge in [0.05, 0.1) is 6.04 Å². The quantitative estimate of drug-likeness (QED) is 0.699. The minimum absolute atomic E-state index is 0.0162. The number of rotatable bonds is 3. The van der Waals surface area contributed by atoms with Gasteiger partial charge in [0, 0.05) is 10.6 Å². The molecule has 1 aliphatic heterocycles. The van der Waals surface area contributed by atoms with Crippen molar-refractivity contribution in [1.29, 1.82) is 0 Å². The minimum atomic E-state index is -0.451. The van der Waals surface area contributed by atoms with Crippen molar-refractivity contribution in [2.24, 2.45) is 5.73 Å². The first kappa shape index (κ1) is 14.2. The van der Waals surface area contributed by atoms with Crippen molar-refractivity contribution in [3.63, 3.8) is 0 Å². The van der Waals surface area contributed by atoms with E-state index in [1.807, 2.05) is 30.5 Å². The van der Waals surface area contributed by atoms with Crippen LogP contribution in [0.15, 0.2) is 53.4 Å². The fraction of sp³-hybridized carbons (Fsp3) is 0.235. The molecule has 1 heterocycles. The number of carbonyl (C=O) groups excluding carboxylic acids is 1. The number of benzene rings is 2. The summed E-state index contributed by atoms with van der Waals surface area (Å²) in [5, 5.41) is 0. The summed E-state index contributed by atoms with van der Waals surface area (Å²) in [5.74, 6) is -0.0162. The molecule has 1 fully saturated rings. The third-order valence-corrected chi connectivity index (χ3v) is 4.65. The predicted octanol–water partition coefficient (Wildman–Crippen LogP) is 3.13. The highest BCUT2D eigenvalue weighted by atomic mass is 32.2. The van der Waals surface area contributed by atoms with Crippen LogP contribution in [-0.2, 0) is 4.79 Å². The van der Waals surface area contributed by atoms with Gasteiger partial charge in [0.25, 0.3) is 0 Å². The Bertz CT molecular complexity index is 651. The molecule has 1 saturated heterocycles. The van der Waals surface area contributed by atoms with E-state index < -0.39 is 6.04 Å². The number of hydrogen-bond donors (Lipinski definition) is 1. The molecule has 1 amide bonds. The SMILES string of the molecule is CSc1ccc(N2C(=O)C(N)C2c2ccc(C)cc2)cc1. The molecule has 3 rings (SSSR count). The van der Waals surface area contributed by atoms with Gasteiger partial charge in [0.2, 0.25) is 5.91 Å². The lowest BCUT2D eigenvalue weighted by Crippen LogP contribution is -2.63. The van der Waals surface area contributed by atoms with Gasteiger partial charge < -0.3 is 10.6 Å². The highest BCUT2D eigenvalue weighted by Gasteiger charge is 2.46. The molecule has 3 nitrogen and oxygen atoms in total. The van der Waals surface area contributed by atoms with E-state index in [2.05, 4.69) is 31.2 Å². The van der Waals surface area contributed by atoms with Crippen molar-refractivity contribution < 1.29 is 4.79 Å². The number of amides is 1. The molecule has 0 aliphatic carbocycles. The Morgan fingerprint density at radius 2 is 1.67 bits per heavy atom. The van der Waals surface area contributed by atoms with Gasteiger partial charge in [0.15, 0.2) is 0 Å². The maximum Gasteiger partial charge on any atom is 0.247 e. The second kappa shape index (κ2) is 5.54. The number of hydrogen-bond acceptors (Lipinski definition) is 3. The molecular formula is C17H18N2OS. The van der Waals surface area contributed by atoms with Crippen LogP contribution in [0.4, 0.5) is 5.69 Å². The van der Waals surface area contributed by atoms with Crippen molar-refractivity contribution in [3.05, 3.63) is 59.7 Å². The summed E-state index contributed by atoms with van der Waals surface area (Å²) in [4.78, 5) is 15.1. The number of anilines is 1. The van der Waals surface area contributed by atoms with Gasteiger partial charge in [-0.25, -0.2) is 0 Å². The van der Waals surface area contributed by atoms with E-state index in [1.54, 1.807) is 16.7 Å². The lowest BCUT2D eigenvalue weighted by molar-refractivity contribution is -0.126. The van der Waals surface area contributed by atoms with E-state index in [0.717, 1.165) is 11.3 Å². The van der Waals surface area contributed by atoms with E-state index in [0.29, 0.717) is 0 Å². The Balaban J connectivity index is 1.92. The molecule has 4 heteroatoms. The van der Waals surface area contributed by atoms with Crippen LogP contribution in [0.3, 0.4) is 0 Å². The van der Waals surface area contributed by atoms with Crippen LogP contribution in [0.5, 0.6) is 0 Å². The summed E-state index contributed by atoms with van der Waals surface area (Å²) >= 11 is 1.69. The molecule has 0 spiro atoms. The van der Waals surface area contributed by atoms with E-state index in [9.17, 15) is 4.79 Å².